The molecule has 0 radical (unpaired) electrons. The Hall–Kier alpha value is -2.27. The Morgan fingerprint density at radius 1 is 1.17 bits per heavy atom. The van der Waals surface area contributed by atoms with Crippen molar-refractivity contribution in [2.75, 3.05) is 19.7 Å². The Kier molecular flexibility index (Phi) is 7.90. The van der Waals surface area contributed by atoms with E-state index in [1.165, 1.54) is 0 Å². The summed E-state index contributed by atoms with van der Waals surface area (Å²) in [5.41, 5.74) is 1.02. The number of ether oxygens (including phenoxy) is 1. The van der Waals surface area contributed by atoms with E-state index in [2.05, 4.69) is 20.6 Å². The third-order valence-corrected chi connectivity index (χ3v) is 3.40. The van der Waals surface area contributed by atoms with Crippen molar-refractivity contribution in [2.45, 2.75) is 19.9 Å². The quantitative estimate of drug-likeness (QED) is 0.333. The normalized spacial score (nSPS) is 11.2. The van der Waals surface area contributed by atoms with Crippen molar-refractivity contribution in [1.82, 2.24) is 15.6 Å². The van der Waals surface area contributed by atoms with E-state index in [1.54, 1.807) is 12.3 Å². The summed E-state index contributed by atoms with van der Waals surface area (Å²) in [7, 11) is 0. The summed E-state index contributed by atoms with van der Waals surface area (Å²) >= 11 is 5.78. The molecule has 1 heterocycles. The molecule has 0 spiro atoms. The van der Waals surface area contributed by atoms with Crippen molar-refractivity contribution in [3.8, 4) is 5.75 Å². The van der Waals surface area contributed by atoms with Crippen LogP contribution in [0.25, 0.3) is 0 Å². The molecule has 0 saturated carbocycles. The summed E-state index contributed by atoms with van der Waals surface area (Å²) in [6.07, 6.45) is 2.63. The van der Waals surface area contributed by atoms with Gasteiger partial charge in [0.15, 0.2) is 5.96 Å². The molecular weight excluding hydrogens is 324 g/mol. The lowest BCUT2D eigenvalue weighted by molar-refractivity contribution is 0.311. The Balaban J connectivity index is 1.72. The Morgan fingerprint density at radius 3 is 2.71 bits per heavy atom. The minimum Gasteiger partial charge on any atom is -0.494 e. The largest absolute Gasteiger partial charge is 0.494 e. The monoisotopic (exact) mass is 346 g/mol. The van der Waals surface area contributed by atoms with Gasteiger partial charge in [0.1, 0.15) is 10.9 Å². The van der Waals surface area contributed by atoms with E-state index in [-0.39, 0.29) is 0 Å². The second-order valence-corrected chi connectivity index (χ2v) is 5.51. The summed E-state index contributed by atoms with van der Waals surface area (Å²) in [6.45, 7) is 4.86. The van der Waals surface area contributed by atoms with Crippen LogP contribution in [-0.2, 0) is 6.54 Å². The first-order chi connectivity index (χ1) is 11.8. The van der Waals surface area contributed by atoms with E-state index in [4.69, 9.17) is 16.3 Å². The van der Waals surface area contributed by atoms with E-state index in [1.807, 2.05) is 43.3 Å². The summed E-state index contributed by atoms with van der Waals surface area (Å²) in [5, 5.41) is 7.02. The van der Waals surface area contributed by atoms with Gasteiger partial charge in [-0.1, -0.05) is 35.9 Å². The molecule has 24 heavy (non-hydrogen) atoms. The van der Waals surface area contributed by atoms with Gasteiger partial charge in [-0.15, -0.1) is 0 Å². The molecule has 6 heteroatoms. The number of para-hydroxylation sites is 1. The number of halogens is 1. The van der Waals surface area contributed by atoms with Crippen molar-refractivity contribution in [1.29, 1.82) is 0 Å². The van der Waals surface area contributed by atoms with Gasteiger partial charge in [0.25, 0.3) is 0 Å². The van der Waals surface area contributed by atoms with Gasteiger partial charge in [0, 0.05) is 19.3 Å². The highest BCUT2D eigenvalue weighted by Crippen LogP contribution is 2.08. The maximum atomic E-state index is 5.78. The first-order valence-corrected chi connectivity index (χ1v) is 8.46. The van der Waals surface area contributed by atoms with Crippen LogP contribution in [0.2, 0.25) is 5.15 Å². The molecule has 128 valence electrons. The number of rotatable bonds is 8. The van der Waals surface area contributed by atoms with E-state index in [9.17, 15) is 0 Å². The third kappa shape index (κ3) is 6.87. The molecule has 2 N–H and O–H groups in total. The summed E-state index contributed by atoms with van der Waals surface area (Å²) in [4.78, 5) is 8.60. The molecule has 2 rings (SSSR count). The van der Waals surface area contributed by atoms with Gasteiger partial charge < -0.3 is 15.4 Å². The number of aromatic nitrogens is 1. The van der Waals surface area contributed by atoms with E-state index in [0.717, 1.165) is 36.8 Å². The lowest BCUT2D eigenvalue weighted by Gasteiger charge is -2.11. The van der Waals surface area contributed by atoms with Crippen LogP contribution in [0.15, 0.2) is 53.7 Å². The Bertz CT molecular complexity index is 617. The minimum atomic E-state index is 0.492. The first kappa shape index (κ1) is 18.1. The van der Waals surface area contributed by atoms with Crippen LogP contribution < -0.4 is 15.4 Å². The lowest BCUT2D eigenvalue weighted by atomic mass is 10.3. The maximum Gasteiger partial charge on any atom is 0.191 e. The van der Waals surface area contributed by atoms with Crippen LogP contribution in [0.1, 0.15) is 18.9 Å². The highest BCUT2D eigenvalue weighted by Gasteiger charge is 1.99. The van der Waals surface area contributed by atoms with Crippen molar-refractivity contribution < 1.29 is 4.74 Å². The van der Waals surface area contributed by atoms with Gasteiger partial charge in [0.05, 0.1) is 13.2 Å². The van der Waals surface area contributed by atoms with E-state index < -0.39 is 0 Å². The van der Waals surface area contributed by atoms with Crippen molar-refractivity contribution in [3.05, 3.63) is 59.4 Å². The molecule has 0 aliphatic carbocycles. The highest BCUT2D eigenvalue weighted by atomic mass is 35.5. The van der Waals surface area contributed by atoms with Crippen molar-refractivity contribution >= 4 is 17.6 Å². The van der Waals surface area contributed by atoms with Crippen molar-refractivity contribution in [3.63, 3.8) is 0 Å². The zero-order valence-electron chi connectivity index (χ0n) is 13.8. The summed E-state index contributed by atoms with van der Waals surface area (Å²) in [5.74, 6) is 1.68. The van der Waals surface area contributed by atoms with Crippen LogP contribution in [0.4, 0.5) is 0 Å². The van der Waals surface area contributed by atoms with Gasteiger partial charge in [-0.25, -0.2) is 9.98 Å². The Labute approximate surface area is 148 Å². The summed E-state index contributed by atoms with van der Waals surface area (Å²) in [6, 6.07) is 13.5. The van der Waals surface area contributed by atoms with Crippen LogP contribution in [0.5, 0.6) is 5.75 Å². The number of benzene rings is 1. The molecule has 0 atom stereocenters. The number of nitrogens with one attached hydrogen (secondary N) is 2. The second-order valence-electron chi connectivity index (χ2n) is 5.13. The third-order valence-electron chi connectivity index (χ3n) is 3.18. The van der Waals surface area contributed by atoms with Gasteiger partial charge >= 0.3 is 0 Å². The van der Waals surface area contributed by atoms with E-state index >= 15 is 0 Å². The van der Waals surface area contributed by atoms with Gasteiger partial charge in [-0.2, -0.15) is 0 Å². The molecule has 0 fully saturated rings. The second kappa shape index (κ2) is 10.5. The number of aliphatic imine (C=N–C) groups is 1. The number of guanidine groups is 1. The predicted octanol–water partition coefficient (Wildman–Crippen LogP) is 3.26. The standard InChI is InChI=1S/C18H23ClN4O/c1-2-20-18(23-14-15-9-10-17(19)22-13-15)21-11-6-12-24-16-7-4-3-5-8-16/h3-5,7-10,13H,2,6,11-12,14H2,1H3,(H2,20,21,23). The zero-order chi connectivity index (χ0) is 17.0. The molecule has 1 aromatic carbocycles. The molecule has 0 amide bonds. The fourth-order valence-electron chi connectivity index (χ4n) is 2.00. The first-order valence-electron chi connectivity index (χ1n) is 8.08. The molecule has 0 unspecified atom stereocenters. The number of pyridine rings is 1. The summed E-state index contributed by atoms with van der Waals surface area (Å²) < 4.78 is 5.67. The predicted molar refractivity (Wildman–Crippen MR) is 98.6 cm³/mol. The molecule has 0 saturated heterocycles. The van der Waals surface area contributed by atoms with Crippen LogP contribution in [0, 0.1) is 0 Å². The number of nitrogens with zero attached hydrogens (tertiary/aromatic N) is 2. The topological polar surface area (TPSA) is 58.5 Å². The average molecular weight is 347 g/mol. The molecule has 1 aromatic heterocycles. The number of hydrogen-bond donors (Lipinski definition) is 2. The van der Waals surface area contributed by atoms with Gasteiger partial charge in [-0.05, 0) is 37.1 Å². The minimum absolute atomic E-state index is 0.492. The van der Waals surface area contributed by atoms with Gasteiger partial charge in [0.2, 0.25) is 0 Å². The van der Waals surface area contributed by atoms with Crippen LogP contribution in [-0.4, -0.2) is 30.6 Å². The molecule has 2 aromatic rings. The molecule has 0 aliphatic rings. The Morgan fingerprint density at radius 2 is 2.00 bits per heavy atom. The van der Waals surface area contributed by atoms with Gasteiger partial charge in [-0.3, -0.25) is 0 Å². The number of hydrogen-bond acceptors (Lipinski definition) is 3. The lowest BCUT2D eigenvalue weighted by Crippen LogP contribution is -2.38. The smallest absolute Gasteiger partial charge is 0.191 e. The highest BCUT2D eigenvalue weighted by molar-refractivity contribution is 6.29. The fraction of sp³-hybridized carbons (Fsp3) is 0.333. The molecule has 0 bridgehead atoms. The molecule has 5 nitrogen and oxygen atoms in total. The van der Waals surface area contributed by atoms with Crippen LogP contribution >= 0.6 is 11.6 Å². The average Bonchev–Trinajstić information content (AvgIpc) is 2.61. The van der Waals surface area contributed by atoms with E-state index in [0.29, 0.717) is 18.3 Å². The van der Waals surface area contributed by atoms with Crippen LogP contribution in [0.3, 0.4) is 0 Å². The zero-order valence-corrected chi connectivity index (χ0v) is 14.6. The maximum absolute atomic E-state index is 5.78. The molecule has 0 aliphatic heterocycles. The fourth-order valence-corrected chi connectivity index (χ4v) is 2.11. The molecular formula is C18H23ClN4O. The SMILES string of the molecule is CCNC(=NCc1ccc(Cl)nc1)NCCCOc1ccccc1. The van der Waals surface area contributed by atoms with Crippen molar-refractivity contribution in [2.24, 2.45) is 4.99 Å².